The third-order valence-electron chi connectivity index (χ3n) is 4.39. The quantitative estimate of drug-likeness (QED) is 0.867. The molecule has 1 aliphatic heterocycles. The molecule has 6 heteroatoms. The molecule has 1 aromatic heterocycles. The second kappa shape index (κ2) is 8.11. The molecule has 0 radical (unpaired) electrons. The lowest BCUT2D eigenvalue weighted by Gasteiger charge is -2.37. The molecular formula is C17H23ClN2O2S. The summed E-state index contributed by atoms with van der Waals surface area (Å²) < 4.78 is 6.55. The second-order valence-corrected chi connectivity index (χ2v) is 7.10. The van der Waals surface area contributed by atoms with Crippen molar-refractivity contribution < 1.29 is 9.53 Å². The first-order chi connectivity index (χ1) is 10.7. The van der Waals surface area contributed by atoms with Gasteiger partial charge in [0.15, 0.2) is 0 Å². The first-order valence-electron chi connectivity index (χ1n) is 7.69. The molecule has 2 N–H and O–H groups in total. The molecule has 4 nitrogen and oxygen atoms in total. The van der Waals surface area contributed by atoms with Crippen LogP contribution >= 0.6 is 23.7 Å². The Morgan fingerprint density at radius 3 is 2.78 bits per heavy atom. The van der Waals surface area contributed by atoms with Crippen molar-refractivity contribution in [3.05, 3.63) is 35.2 Å². The van der Waals surface area contributed by atoms with E-state index in [9.17, 15) is 4.79 Å². The fourth-order valence-corrected chi connectivity index (χ4v) is 4.06. The van der Waals surface area contributed by atoms with Gasteiger partial charge in [0.05, 0.1) is 11.5 Å². The van der Waals surface area contributed by atoms with E-state index in [-0.39, 0.29) is 23.7 Å². The van der Waals surface area contributed by atoms with Crippen LogP contribution in [0.5, 0.6) is 0 Å². The van der Waals surface area contributed by atoms with Gasteiger partial charge in [-0.05, 0) is 43.5 Å². The van der Waals surface area contributed by atoms with Gasteiger partial charge < -0.3 is 15.4 Å². The Labute approximate surface area is 147 Å². The van der Waals surface area contributed by atoms with Gasteiger partial charge in [-0.25, -0.2) is 0 Å². The summed E-state index contributed by atoms with van der Waals surface area (Å²) in [5.74, 6) is 0.0233. The summed E-state index contributed by atoms with van der Waals surface area (Å²) in [4.78, 5) is 13.2. The number of amides is 1. The summed E-state index contributed by atoms with van der Waals surface area (Å²) in [6, 6.07) is 10.1. The normalized spacial score (nSPS) is 16.7. The van der Waals surface area contributed by atoms with E-state index in [1.54, 1.807) is 18.4 Å². The Morgan fingerprint density at radius 1 is 1.35 bits per heavy atom. The second-order valence-electron chi connectivity index (χ2n) is 6.01. The van der Waals surface area contributed by atoms with Crippen molar-refractivity contribution in [2.75, 3.05) is 33.4 Å². The minimum Gasteiger partial charge on any atom is -0.384 e. The molecular weight excluding hydrogens is 332 g/mol. The van der Waals surface area contributed by atoms with Crippen molar-refractivity contribution in [3.8, 4) is 0 Å². The molecule has 1 aromatic carbocycles. The third kappa shape index (κ3) is 4.23. The maximum absolute atomic E-state index is 12.4. The molecule has 1 fully saturated rings. The van der Waals surface area contributed by atoms with Crippen LogP contribution in [0.25, 0.3) is 10.1 Å². The largest absolute Gasteiger partial charge is 0.384 e. The van der Waals surface area contributed by atoms with Crippen LogP contribution in [0.1, 0.15) is 22.5 Å². The summed E-state index contributed by atoms with van der Waals surface area (Å²) in [5, 5.41) is 7.62. The minimum absolute atomic E-state index is 0. The van der Waals surface area contributed by atoms with E-state index in [1.165, 1.54) is 0 Å². The molecule has 1 saturated heterocycles. The summed E-state index contributed by atoms with van der Waals surface area (Å²) in [5.41, 5.74) is 0.0618. The monoisotopic (exact) mass is 354 g/mol. The van der Waals surface area contributed by atoms with E-state index in [0.717, 1.165) is 40.9 Å². The van der Waals surface area contributed by atoms with Crippen molar-refractivity contribution in [1.82, 2.24) is 10.6 Å². The predicted octanol–water partition coefficient (Wildman–Crippen LogP) is 3.07. The molecule has 0 atom stereocenters. The maximum atomic E-state index is 12.4. The van der Waals surface area contributed by atoms with Gasteiger partial charge in [-0.1, -0.05) is 18.2 Å². The van der Waals surface area contributed by atoms with Gasteiger partial charge >= 0.3 is 0 Å². The fourth-order valence-electron chi connectivity index (χ4n) is 3.08. The predicted molar refractivity (Wildman–Crippen MR) is 97.8 cm³/mol. The standard InChI is InChI=1S/C17H22N2O2S.ClH/c1-21-12-17(6-8-18-9-7-17)11-19-16(20)15-10-13-4-2-3-5-14(13)22-15;/h2-5,10,18H,6-9,11-12H2,1H3,(H,19,20);1H. The maximum Gasteiger partial charge on any atom is 0.261 e. The zero-order valence-corrected chi connectivity index (χ0v) is 14.9. The number of piperidine rings is 1. The number of carbonyl (C=O) groups is 1. The number of hydrogen-bond donors (Lipinski definition) is 2. The third-order valence-corrected chi connectivity index (χ3v) is 5.50. The Bertz CT molecular complexity index is 614. The van der Waals surface area contributed by atoms with Crippen molar-refractivity contribution in [2.45, 2.75) is 12.8 Å². The molecule has 0 spiro atoms. The van der Waals surface area contributed by atoms with Gasteiger partial charge in [0.1, 0.15) is 0 Å². The molecule has 0 saturated carbocycles. The van der Waals surface area contributed by atoms with Gasteiger partial charge in [-0.15, -0.1) is 23.7 Å². The van der Waals surface area contributed by atoms with E-state index in [4.69, 9.17) is 4.74 Å². The van der Waals surface area contributed by atoms with Crippen molar-refractivity contribution in [2.24, 2.45) is 5.41 Å². The molecule has 2 heterocycles. The summed E-state index contributed by atoms with van der Waals surface area (Å²) in [6.07, 6.45) is 2.07. The summed E-state index contributed by atoms with van der Waals surface area (Å²) >= 11 is 1.55. The number of thiophene rings is 1. The molecule has 0 unspecified atom stereocenters. The SMILES string of the molecule is COCC1(CNC(=O)c2cc3ccccc3s2)CCNCC1.Cl. The van der Waals surface area contributed by atoms with Crippen LogP contribution in [0, 0.1) is 5.41 Å². The lowest BCUT2D eigenvalue weighted by Crippen LogP contribution is -2.47. The zero-order valence-electron chi connectivity index (χ0n) is 13.3. The Kier molecular flexibility index (Phi) is 6.41. The topological polar surface area (TPSA) is 50.4 Å². The number of hydrogen-bond acceptors (Lipinski definition) is 4. The first kappa shape index (κ1) is 18.2. The van der Waals surface area contributed by atoms with Crippen LogP contribution in [-0.4, -0.2) is 39.3 Å². The molecule has 0 aliphatic carbocycles. The first-order valence-corrected chi connectivity index (χ1v) is 8.51. The van der Waals surface area contributed by atoms with Gasteiger partial charge in [0.2, 0.25) is 0 Å². The highest BCUT2D eigenvalue weighted by Gasteiger charge is 2.32. The number of ether oxygens (including phenoxy) is 1. The van der Waals surface area contributed by atoms with Gasteiger partial charge in [0.25, 0.3) is 5.91 Å². The van der Waals surface area contributed by atoms with Gasteiger partial charge in [-0.3, -0.25) is 4.79 Å². The van der Waals surface area contributed by atoms with Gasteiger partial charge in [0, 0.05) is 23.8 Å². The lowest BCUT2D eigenvalue weighted by molar-refractivity contribution is 0.0512. The zero-order chi connectivity index (χ0) is 15.4. The number of benzene rings is 1. The molecule has 1 amide bonds. The average Bonchev–Trinajstić information content (AvgIpc) is 2.98. The molecule has 126 valence electrons. The smallest absolute Gasteiger partial charge is 0.261 e. The van der Waals surface area contributed by atoms with Crippen LogP contribution in [0.2, 0.25) is 0 Å². The highest BCUT2D eigenvalue weighted by molar-refractivity contribution is 7.20. The van der Waals surface area contributed by atoms with E-state index in [0.29, 0.717) is 13.2 Å². The van der Waals surface area contributed by atoms with Crippen LogP contribution in [0.3, 0.4) is 0 Å². The Morgan fingerprint density at radius 2 is 2.09 bits per heavy atom. The number of methoxy groups -OCH3 is 1. The summed E-state index contributed by atoms with van der Waals surface area (Å²) in [6.45, 7) is 3.35. The molecule has 23 heavy (non-hydrogen) atoms. The molecule has 3 rings (SSSR count). The fraction of sp³-hybridized carbons (Fsp3) is 0.471. The highest BCUT2D eigenvalue weighted by Crippen LogP contribution is 2.29. The summed E-state index contributed by atoms with van der Waals surface area (Å²) in [7, 11) is 1.73. The van der Waals surface area contributed by atoms with E-state index < -0.39 is 0 Å². The number of halogens is 1. The number of carbonyl (C=O) groups excluding carboxylic acids is 1. The highest BCUT2D eigenvalue weighted by atomic mass is 35.5. The number of rotatable bonds is 5. The average molecular weight is 355 g/mol. The Hall–Kier alpha value is -1.14. The van der Waals surface area contributed by atoms with E-state index in [1.807, 2.05) is 24.3 Å². The van der Waals surface area contributed by atoms with Gasteiger partial charge in [-0.2, -0.15) is 0 Å². The molecule has 2 aromatic rings. The number of fused-ring (bicyclic) bond motifs is 1. The van der Waals surface area contributed by atoms with Crippen LogP contribution < -0.4 is 10.6 Å². The van der Waals surface area contributed by atoms with Crippen molar-refractivity contribution in [1.29, 1.82) is 0 Å². The van der Waals surface area contributed by atoms with Crippen LogP contribution in [0.15, 0.2) is 30.3 Å². The molecule has 1 aliphatic rings. The minimum atomic E-state index is 0. The Balaban J connectivity index is 0.00000192. The van der Waals surface area contributed by atoms with Crippen LogP contribution in [0.4, 0.5) is 0 Å². The lowest BCUT2D eigenvalue weighted by atomic mass is 9.79. The number of nitrogens with one attached hydrogen (secondary N) is 2. The van der Waals surface area contributed by atoms with Crippen LogP contribution in [-0.2, 0) is 4.74 Å². The van der Waals surface area contributed by atoms with E-state index in [2.05, 4.69) is 16.7 Å². The molecule has 0 bridgehead atoms. The van der Waals surface area contributed by atoms with Crippen molar-refractivity contribution in [3.63, 3.8) is 0 Å². The van der Waals surface area contributed by atoms with Crippen molar-refractivity contribution >= 4 is 39.7 Å². The van der Waals surface area contributed by atoms with E-state index >= 15 is 0 Å².